The predicted octanol–water partition coefficient (Wildman–Crippen LogP) is 23.0. The van der Waals surface area contributed by atoms with Gasteiger partial charge in [-0.15, -0.1) is 0 Å². The molecule has 77 heavy (non-hydrogen) atoms. The number of carbonyl (C=O) groups is 2. The zero-order valence-corrected chi connectivity index (χ0v) is 52.7. The minimum Gasteiger partial charge on any atom is -0.466 e. The third kappa shape index (κ3) is 63.9. The number of carbonyl (C=O) groups excluding carboxylic acids is 2. The van der Waals surface area contributed by atoms with Crippen LogP contribution >= 0.6 is 0 Å². The van der Waals surface area contributed by atoms with Crippen molar-refractivity contribution in [1.29, 1.82) is 0 Å². The molecule has 0 heterocycles. The van der Waals surface area contributed by atoms with E-state index in [1.54, 1.807) is 0 Å². The van der Waals surface area contributed by atoms with Gasteiger partial charge in [0.05, 0.1) is 25.4 Å². The summed E-state index contributed by atoms with van der Waals surface area (Å²) in [6, 6.07) is -0.537. The summed E-state index contributed by atoms with van der Waals surface area (Å²) < 4.78 is 5.50. The van der Waals surface area contributed by atoms with Crippen molar-refractivity contribution in [2.24, 2.45) is 0 Å². The lowest BCUT2D eigenvalue weighted by Crippen LogP contribution is -2.45. The van der Waals surface area contributed by atoms with Crippen LogP contribution in [0.5, 0.6) is 0 Å². The third-order valence-electron chi connectivity index (χ3n) is 17.2. The molecule has 0 bridgehead atoms. The zero-order valence-electron chi connectivity index (χ0n) is 52.7. The average Bonchev–Trinajstić information content (AvgIpc) is 3.43. The predicted molar refractivity (Wildman–Crippen MR) is 338 cm³/mol. The number of unbranched alkanes of at least 4 members (excludes halogenated alkanes) is 57. The summed E-state index contributed by atoms with van der Waals surface area (Å²) in [5, 5.41) is 23.3. The van der Waals surface area contributed by atoms with Crippen molar-refractivity contribution in [3.63, 3.8) is 0 Å². The maximum atomic E-state index is 12.5. The molecule has 0 saturated carbocycles. The molecule has 0 aliphatic rings. The highest BCUT2D eigenvalue weighted by molar-refractivity contribution is 5.76. The van der Waals surface area contributed by atoms with Gasteiger partial charge in [0.1, 0.15) is 0 Å². The molecule has 460 valence electrons. The minimum absolute atomic E-state index is 0.0241. The number of esters is 1. The number of aliphatic hydroxyl groups is 2. The number of amides is 1. The van der Waals surface area contributed by atoms with Crippen molar-refractivity contribution in [2.75, 3.05) is 13.2 Å². The van der Waals surface area contributed by atoms with Gasteiger partial charge in [0.2, 0.25) is 5.91 Å². The molecule has 0 spiro atoms. The van der Waals surface area contributed by atoms with E-state index in [0.29, 0.717) is 25.9 Å². The Balaban J connectivity index is 3.30. The summed E-state index contributed by atoms with van der Waals surface area (Å²) in [6.45, 7) is 5.00. The van der Waals surface area contributed by atoms with Crippen molar-refractivity contribution in [3.05, 3.63) is 0 Å². The van der Waals surface area contributed by atoms with Crippen molar-refractivity contribution >= 4 is 11.9 Å². The molecule has 0 aliphatic heterocycles. The van der Waals surface area contributed by atoms with Gasteiger partial charge in [-0.05, 0) is 25.7 Å². The summed E-state index contributed by atoms with van der Waals surface area (Å²) in [6.07, 6.45) is 81.6. The smallest absolute Gasteiger partial charge is 0.305 e. The Hall–Kier alpha value is -1.14. The fraction of sp³-hybridized carbons (Fsp3) is 0.972. The van der Waals surface area contributed by atoms with E-state index in [0.717, 1.165) is 38.5 Å². The maximum absolute atomic E-state index is 12.5. The Bertz CT molecular complexity index is 1120. The molecule has 0 aromatic heterocycles. The summed E-state index contributed by atoms with van der Waals surface area (Å²) in [7, 11) is 0. The Kier molecular flexibility index (Phi) is 66.4. The van der Waals surface area contributed by atoms with E-state index in [4.69, 9.17) is 4.74 Å². The molecular weight excluding hydrogens is 947 g/mol. The van der Waals surface area contributed by atoms with Gasteiger partial charge in [-0.2, -0.15) is 0 Å². The standard InChI is InChI=1S/C71H141NO5/c1-3-5-7-9-11-13-15-17-36-39-43-47-51-55-59-63-69(74)68(67-73)72-70(75)64-60-56-52-48-44-40-37-34-32-30-28-26-24-22-20-19-21-23-25-27-29-31-33-35-38-42-46-50-54-58-62-66-77-71(76)65-61-57-53-49-45-41-18-16-14-12-10-8-6-4-2/h68-69,73-74H,3-67H2,1-2H3,(H,72,75). The molecule has 6 nitrogen and oxygen atoms in total. The summed E-state index contributed by atoms with van der Waals surface area (Å²) in [5.41, 5.74) is 0. The van der Waals surface area contributed by atoms with E-state index >= 15 is 0 Å². The number of rotatable bonds is 68. The van der Waals surface area contributed by atoms with Gasteiger partial charge in [0.25, 0.3) is 0 Å². The average molecular weight is 1090 g/mol. The van der Waals surface area contributed by atoms with Gasteiger partial charge in [-0.25, -0.2) is 0 Å². The monoisotopic (exact) mass is 1090 g/mol. The van der Waals surface area contributed by atoms with Crippen LogP contribution in [-0.4, -0.2) is 47.4 Å². The molecule has 0 saturated heterocycles. The molecule has 2 unspecified atom stereocenters. The SMILES string of the molecule is CCCCCCCCCCCCCCCCCC(O)C(CO)NC(=O)CCCCCCCCCCCCCCCCCCCCCCCCCCCCCCCCCOC(=O)CCCCCCCCCCCCCCCC. The fourth-order valence-electron chi connectivity index (χ4n) is 11.7. The minimum atomic E-state index is -0.660. The van der Waals surface area contributed by atoms with Gasteiger partial charge in [-0.3, -0.25) is 9.59 Å². The molecule has 2 atom stereocenters. The molecular formula is C71H141NO5. The first kappa shape index (κ1) is 75.9. The highest BCUT2D eigenvalue weighted by Crippen LogP contribution is 2.20. The van der Waals surface area contributed by atoms with Crippen LogP contribution in [0.25, 0.3) is 0 Å². The summed E-state index contributed by atoms with van der Waals surface area (Å²) in [4.78, 5) is 24.6. The maximum Gasteiger partial charge on any atom is 0.305 e. The third-order valence-corrected chi connectivity index (χ3v) is 17.2. The van der Waals surface area contributed by atoms with Gasteiger partial charge in [0.15, 0.2) is 0 Å². The second-order valence-corrected chi connectivity index (χ2v) is 24.9. The topological polar surface area (TPSA) is 95.9 Å². The Morgan fingerprint density at radius 2 is 0.532 bits per heavy atom. The van der Waals surface area contributed by atoms with Crippen LogP contribution in [0.2, 0.25) is 0 Å². The second-order valence-electron chi connectivity index (χ2n) is 24.9. The van der Waals surface area contributed by atoms with E-state index < -0.39 is 12.1 Å². The molecule has 6 heteroatoms. The van der Waals surface area contributed by atoms with E-state index in [1.165, 1.54) is 347 Å². The first-order valence-corrected chi connectivity index (χ1v) is 35.8. The first-order chi connectivity index (χ1) is 38.0. The Morgan fingerprint density at radius 3 is 0.792 bits per heavy atom. The van der Waals surface area contributed by atoms with Crippen molar-refractivity contribution < 1.29 is 24.5 Å². The molecule has 0 aromatic rings. The van der Waals surface area contributed by atoms with E-state index in [1.807, 2.05) is 0 Å². The van der Waals surface area contributed by atoms with Crippen molar-refractivity contribution in [2.45, 2.75) is 431 Å². The Labute approximate surface area is 483 Å². The van der Waals surface area contributed by atoms with Crippen LogP contribution in [0.3, 0.4) is 0 Å². The number of hydrogen-bond donors (Lipinski definition) is 3. The fourth-order valence-corrected chi connectivity index (χ4v) is 11.7. The molecule has 0 rings (SSSR count). The number of ether oxygens (including phenoxy) is 1. The van der Waals surface area contributed by atoms with Crippen LogP contribution in [0.4, 0.5) is 0 Å². The van der Waals surface area contributed by atoms with Gasteiger partial charge in [0, 0.05) is 12.8 Å². The van der Waals surface area contributed by atoms with Crippen LogP contribution in [0.15, 0.2) is 0 Å². The lowest BCUT2D eigenvalue weighted by Gasteiger charge is -2.22. The van der Waals surface area contributed by atoms with Crippen LogP contribution in [0, 0.1) is 0 Å². The van der Waals surface area contributed by atoms with Crippen molar-refractivity contribution in [1.82, 2.24) is 5.32 Å². The summed E-state index contributed by atoms with van der Waals surface area (Å²) in [5.74, 6) is -0.00279. The Morgan fingerprint density at radius 1 is 0.312 bits per heavy atom. The highest BCUT2D eigenvalue weighted by atomic mass is 16.5. The number of aliphatic hydroxyl groups excluding tert-OH is 2. The lowest BCUT2D eigenvalue weighted by atomic mass is 10.0. The van der Waals surface area contributed by atoms with Crippen LogP contribution in [0.1, 0.15) is 418 Å². The number of hydrogen-bond acceptors (Lipinski definition) is 5. The second kappa shape index (κ2) is 67.4. The normalized spacial score (nSPS) is 12.4. The molecule has 0 aromatic carbocycles. The van der Waals surface area contributed by atoms with E-state index in [-0.39, 0.29) is 18.5 Å². The molecule has 3 N–H and O–H groups in total. The lowest BCUT2D eigenvalue weighted by molar-refractivity contribution is -0.143. The zero-order chi connectivity index (χ0) is 55.7. The van der Waals surface area contributed by atoms with Gasteiger partial charge >= 0.3 is 5.97 Å². The largest absolute Gasteiger partial charge is 0.466 e. The van der Waals surface area contributed by atoms with Gasteiger partial charge < -0.3 is 20.3 Å². The highest BCUT2D eigenvalue weighted by Gasteiger charge is 2.20. The quantitative estimate of drug-likeness (QED) is 0.0417. The molecule has 0 aliphatic carbocycles. The van der Waals surface area contributed by atoms with Crippen LogP contribution in [-0.2, 0) is 14.3 Å². The number of nitrogens with one attached hydrogen (secondary N) is 1. The van der Waals surface area contributed by atoms with Crippen molar-refractivity contribution in [3.8, 4) is 0 Å². The molecule has 0 radical (unpaired) electrons. The van der Waals surface area contributed by atoms with Gasteiger partial charge in [-0.1, -0.05) is 380 Å². The summed E-state index contributed by atoms with van der Waals surface area (Å²) >= 11 is 0. The first-order valence-electron chi connectivity index (χ1n) is 35.8. The molecule has 1 amide bonds. The van der Waals surface area contributed by atoms with E-state index in [9.17, 15) is 19.8 Å². The van der Waals surface area contributed by atoms with Crippen LogP contribution < -0.4 is 5.32 Å². The van der Waals surface area contributed by atoms with E-state index in [2.05, 4.69) is 19.2 Å². The molecule has 0 fully saturated rings.